The first-order chi connectivity index (χ1) is 21.1. The Balaban J connectivity index is 1.52. The number of nitrogens with two attached hydrogens (primary N) is 2. The zero-order chi connectivity index (χ0) is 29.4. The van der Waals surface area contributed by atoms with Gasteiger partial charge in [0.25, 0.3) is 5.91 Å². The van der Waals surface area contributed by atoms with E-state index in [4.69, 9.17) is 21.4 Å². The third-order valence-corrected chi connectivity index (χ3v) is 8.93. The second-order valence-electron chi connectivity index (χ2n) is 10.3. The molecule has 1 amide bonds. The quantitative estimate of drug-likeness (QED) is 0.194. The maximum atomic E-state index is 12.3. The minimum Gasteiger partial charge on any atom is -0.397 e. The number of aromatic nitrogens is 3. The molecular weight excluding hydrogens is 550 g/mol. The van der Waals surface area contributed by atoms with E-state index in [2.05, 4.69) is 83.6 Å². The molecular formula is C36H27N5OS. The molecule has 0 fully saturated rings. The van der Waals surface area contributed by atoms with Gasteiger partial charge < -0.3 is 16.0 Å². The molecule has 0 bridgehead atoms. The largest absolute Gasteiger partial charge is 0.397 e. The average Bonchev–Trinajstić information content (AvgIpc) is 3.69. The topological polar surface area (TPSA) is 99.8 Å². The number of carbonyl (C=O) groups excluding carboxylic acids is 1. The number of rotatable bonds is 7. The van der Waals surface area contributed by atoms with Gasteiger partial charge in [-0.25, -0.2) is 9.97 Å². The summed E-state index contributed by atoms with van der Waals surface area (Å²) in [6.45, 7) is 0. The monoisotopic (exact) mass is 577 g/mol. The lowest BCUT2D eigenvalue weighted by Gasteiger charge is -2.37. The summed E-state index contributed by atoms with van der Waals surface area (Å²) in [7, 11) is 0. The lowest BCUT2D eigenvalue weighted by atomic mass is 9.77. The molecule has 7 aromatic rings. The van der Waals surface area contributed by atoms with Gasteiger partial charge in [0.15, 0.2) is 0 Å². The molecule has 0 radical (unpaired) electrons. The number of nitrogen functional groups attached to an aromatic ring is 1. The number of thiophene rings is 1. The molecule has 6 nitrogen and oxygen atoms in total. The number of imidazole rings is 1. The Morgan fingerprint density at radius 2 is 1.23 bits per heavy atom. The predicted octanol–water partition coefficient (Wildman–Crippen LogP) is 7.35. The number of anilines is 1. The van der Waals surface area contributed by atoms with Crippen LogP contribution in [0.2, 0.25) is 0 Å². The number of benzene rings is 4. The molecule has 0 saturated heterocycles. The fourth-order valence-corrected chi connectivity index (χ4v) is 6.87. The van der Waals surface area contributed by atoms with Crippen LogP contribution in [0.5, 0.6) is 0 Å². The smallest absolute Gasteiger partial charge is 0.260 e. The summed E-state index contributed by atoms with van der Waals surface area (Å²) in [4.78, 5) is 23.1. The second kappa shape index (κ2) is 10.7. The number of primary amides is 1. The van der Waals surface area contributed by atoms with Crippen molar-refractivity contribution >= 4 is 33.1 Å². The highest BCUT2D eigenvalue weighted by Gasteiger charge is 2.38. The molecule has 0 unspecified atom stereocenters. The van der Waals surface area contributed by atoms with Gasteiger partial charge in [-0.05, 0) is 22.8 Å². The molecule has 0 aliphatic rings. The molecule has 0 saturated carbocycles. The van der Waals surface area contributed by atoms with Crippen LogP contribution in [-0.4, -0.2) is 20.4 Å². The fourth-order valence-electron chi connectivity index (χ4n) is 5.89. The normalized spacial score (nSPS) is 11.5. The molecule has 3 aromatic heterocycles. The van der Waals surface area contributed by atoms with E-state index in [-0.39, 0.29) is 0 Å². The number of amides is 1. The van der Waals surface area contributed by atoms with Crippen molar-refractivity contribution in [3.8, 4) is 22.5 Å². The Labute approximate surface area is 252 Å². The van der Waals surface area contributed by atoms with Crippen molar-refractivity contribution in [3.05, 3.63) is 161 Å². The van der Waals surface area contributed by atoms with Crippen molar-refractivity contribution in [1.82, 2.24) is 14.5 Å². The Morgan fingerprint density at radius 1 is 0.721 bits per heavy atom. The molecule has 43 heavy (non-hydrogen) atoms. The average molecular weight is 578 g/mol. The van der Waals surface area contributed by atoms with Crippen LogP contribution in [0.3, 0.4) is 0 Å². The van der Waals surface area contributed by atoms with E-state index < -0.39 is 11.4 Å². The summed E-state index contributed by atoms with van der Waals surface area (Å²) in [5.74, 6) is -0.575. The summed E-state index contributed by atoms with van der Waals surface area (Å²) in [6.07, 6.45) is 3.92. The maximum absolute atomic E-state index is 12.3. The lowest BCUT2D eigenvalue weighted by Crippen LogP contribution is -2.36. The summed E-state index contributed by atoms with van der Waals surface area (Å²) in [5, 5.41) is 0.675. The number of hydrogen-bond donors (Lipinski definition) is 2. The Morgan fingerprint density at radius 3 is 1.74 bits per heavy atom. The van der Waals surface area contributed by atoms with Gasteiger partial charge in [-0.1, -0.05) is 121 Å². The van der Waals surface area contributed by atoms with Gasteiger partial charge in [0.1, 0.15) is 15.2 Å². The molecule has 4 N–H and O–H groups in total. The molecule has 208 valence electrons. The van der Waals surface area contributed by atoms with Crippen LogP contribution in [0.4, 0.5) is 5.69 Å². The Kier molecular flexibility index (Phi) is 6.57. The third kappa shape index (κ3) is 4.38. The van der Waals surface area contributed by atoms with Crippen molar-refractivity contribution in [1.29, 1.82) is 0 Å². The van der Waals surface area contributed by atoms with Crippen LogP contribution < -0.4 is 11.5 Å². The Bertz CT molecular complexity index is 1960. The van der Waals surface area contributed by atoms with Crippen LogP contribution in [0.25, 0.3) is 32.7 Å². The number of pyridine rings is 1. The number of nitrogens with zero attached hydrogens (tertiary/aromatic N) is 3. The second-order valence-corrected chi connectivity index (χ2v) is 11.3. The predicted molar refractivity (Wildman–Crippen MR) is 174 cm³/mol. The first kappa shape index (κ1) is 26.4. The van der Waals surface area contributed by atoms with Gasteiger partial charge >= 0.3 is 0 Å². The van der Waals surface area contributed by atoms with Gasteiger partial charge in [0, 0.05) is 22.7 Å². The highest BCUT2D eigenvalue weighted by Crippen LogP contribution is 2.44. The SMILES string of the molecule is NC(=O)c1sc2nc(-c3ccccc3)cc(-c3cn(C(c4ccccc4)(c4ccccc4)c4ccccc4)cn3)c2c1N. The van der Waals surface area contributed by atoms with Crippen molar-refractivity contribution in [2.75, 3.05) is 5.73 Å². The number of carbonyl (C=O) groups is 1. The highest BCUT2D eigenvalue weighted by atomic mass is 32.1. The molecule has 3 heterocycles. The highest BCUT2D eigenvalue weighted by molar-refractivity contribution is 7.21. The zero-order valence-corrected chi connectivity index (χ0v) is 23.9. The first-order valence-corrected chi connectivity index (χ1v) is 14.7. The van der Waals surface area contributed by atoms with E-state index in [9.17, 15) is 4.79 Å². The molecule has 7 heteroatoms. The molecule has 0 aliphatic carbocycles. The number of fused-ring (bicyclic) bond motifs is 1. The number of hydrogen-bond acceptors (Lipinski definition) is 5. The van der Waals surface area contributed by atoms with Crippen molar-refractivity contribution in [3.63, 3.8) is 0 Å². The van der Waals surface area contributed by atoms with E-state index in [1.54, 1.807) is 0 Å². The Hall–Kier alpha value is -5.53. The van der Waals surface area contributed by atoms with Gasteiger partial charge in [-0.2, -0.15) is 0 Å². The first-order valence-electron chi connectivity index (χ1n) is 13.9. The van der Waals surface area contributed by atoms with Crippen molar-refractivity contribution < 1.29 is 4.79 Å². The molecule has 0 aliphatic heterocycles. The fraction of sp³-hybridized carbons (Fsp3) is 0.0278. The van der Waals surface area contributed by atoms with Gasteiger partial charge in [0.05, 0.1) is 23.4 Å². The summed E-state index contributed by atoms with van der Waals surface area (Å²) in [5.41, 5.74) is 18.4. The van der Waals surface area contributed by atoms with Crippen molar-refractivity contribution in [2.45, 2.75) is 5.54 Å². The van der Waals surface area contributed by atoms with E-state index in [1.165, 1.54) is 11.3 Å². The minimum atomic E-state index is -0.720. The zero-order valence-electron chi connectivity index (χ0n) is 23.1. The van der Waals surface area contributed by atoms with Crippen LogP contribution in [-0.2, 0) is 5.54 Å². The molecule has 4 aromatic carbocycles. The molecule has 7 rings (SSSR count). The minimum absolute atomic E-state index is 0.292. The van der Waals surface area contributed by atoms with E-state index in [0.29, 0.717) is 26.5 Å². The standard InChI is InChI=1S/C36H27N5OS/c37-32-31-28(21-29(24-13-5-1-6-14-24)40-35(31)43-33(32)34(38)42)30-22-41(23-39-30)36(25-15-7-2-8-16-25,26-17-9-3-10-18-26)27-19-11-4-12-20-27/h1-23H,37H2,(H2,38,42). The van der Waals surface area contributed by atoms with Crippen LogP contribution >= 0.6 is 11.3 Å². The maximum Gasteiger partial charge on any atom is 0.260 e. The summed E-state index contributed by atoms with van der Waals surface area (Å²) >= 11 is 1.21. The molecule has 0 spiro atoms. The van der Waals surface area contributed by atoms with Crippen molar-refractivity contribution in [2.24, 2.45) is 5.73 Å². The summed E-state index contributed by atoms with van der Waals surface area (Å²) in [6, 6.07) is 43.2. The van der Waals surface area contributed by atoms with Crippen LogP contribution in [0, 0.1) is 0 Å². The van der Waals surface area contributed by atoms with E-state index >= 15 is 0 Å². The van der Waals surface area contributed by atoms with Gasteiger partial charge in [-0.3, -0.25) is 4.79 Å². The summed E-state index contributed by atoms with van der Waals surface area (Å²) < 4.78 is 2.16. The van der Waals surface area contributed by atoms with Gasteiger partial charge in [-0.15, -0.1) is 11.3 Å². The molecule has 0 atom stereocenters. The van der Waals surface area contributed by atoms with E-state index in [0.717, 1.165) is 33.5 Å². The lowest BCUT2D eigenvalue weighted by molar-refractivity contribution is 0.100. The third-order valence-electron chi connectivity index (χ3n) is 7.81. The van der Waals surface area contributed by atoms with Crippen LogP contribution in [0.1, 0.15) is 26.4 Å². The van der Waals surface area contributed by atoms with Gasteiger partial charge in [0.2, 0.25) is 0 Å². The van der Waals surface area contributed by atoms with E-state index in [1.807, 2.05) is 60.9 Å². The van der Waals surface area contributed by atoms with Crippen LogP contribution in [0.15, 0.2) is 140 Å².